The van der Waals surface area contributed by atoms with E-state index in [1.54, 1.807) is 6.07 Å². The van der Waals surface area contributed by atoms with Crippen molar-refractivity contribution >= 4 is 27.5 Å². The Morgan fingerprint density at radius 3 is 2.50 bits per heavy atom. The summed E-state index contributed by atoms with van der Waals surface area (Å²) in [5.41, 5.74) is 1.63. The van der Waals surface area contributed by atoms with Crippen LogP contribution in [0.15, 0.2) is 53.0 Å². The molecule has 4 heteroatoms. The molecule has 0 spiro atoms. The minimum atomic E-state index is -0.353. The van der Waals surface area contributed by atoms with Crippen LogP contribution in [0, 0.1) is 5.82 Å². The van der Waals surface area contributed by atoms with Gasteiger partial charge < -0.3 is 5.32 Å². The zero-order valence-corrected chi connectivity index (χ0v) is 13.5. The van der Waals surface area contributed by atoms with Gasteiger partial charge in [-0.15, -0.1) is 11.6 Å². The number of benzene rings is 2. The lowest BCUT2D eigenvalue weighted by Gasteiger charge is -2.29. The van der Waals surface area contributed by atoms with Crippen molar-refractivity contribution in [3.63, 3.8) is 0 Å². The van der Waals surface area contributed by atoms with E-state index in [1.807, 2.05) is 43.3 Å². The van der Waals surface area contributed by atoms with Gasteiger partial charge in [0.05, 0.1) is 10.0 Å². The Bertz CT molecular complexity index is 576. The predicted molar refractivity (Wildman–Crippen MR) is 85.5 cm³/mol. The molecule has 0 fully saturated rings. The van der Waals surface area contributed by atoms with Crippen molar-refractivity contribution in [3.8, 4) is 0 Å². The Kier molecular flexibility index (Phi) is 5.19. The molecular weight excluding hydrogens is 341 g/mol. The van der Waals surface area contributed by atoms with Crippen LogP contribution in [0.5, 0.6) is 0 Å². The lowest BCUT2D eigenvalue weighted by atomic mass is 9.94. The highest BCUT2D eigenvalue weighted by atomic mass is 79.9. The minimum Gasteiger partial charge on any atom is -0.302 e. The number of nitrogens with one attached hydrogen (secondary N) is 1. The highest BCUT2D eigenvalue weighted by Crippen LogP contribution is 2.25. The summed E-state index contributed by atoms with van der Waals surface area (Å²) in [6, 6.07) is 15.1. The van der Waals surface area contributed by atoms with Gasteiger partial charge in [-0.1, -0.05) is 42.5 Å². The van der Waals surface area contributed by atoms with Crippen LogP contribution < -0.4 is 5.32 Å². The van der Waals surface area contributed by atoms with Crippen molar-refractivity contribution in [3.05, 3.63) is 69.9 Å². The van der Waals surface area contributed by atoms with Crippen molar-refractivity contribution < 1.29 is 4.39 Å². The second-order valence-electron chi connectivity index (χ2n) is 4.90. The molecule has 0 saturated carbocycles. The van der Waals surface area contributed by atoms with Crippen LogP contribution in [-0.2, 0) is 12.1 Å². The molecule has 0 saturated heterocycles. The summed E-state index contributed by atoms with van der Waals surface area (Å²) in [5.74, 6) is 0.181. The average Bonchev–Trinajstić information content (AvgIpc) is 2.49. The highest BCUT2D eigenvalue weighted by molar-refractivity contribution is 9.10. The van der Waals surface area contributed by atoms with E-state index in [4.69, 9.17) is 11.6 Å². The van der Waals surface area contributed by atoms with Crippen molar-refractivity contribution in [2.75, 3.05) is 5.88 Å². The molecule has 2 rings (SSSR count). The highest BCUT2D eigenvalue weighted by Gasteiger charge is 2.25. The second-order valence-corrected chi connectivity index (χ2v) is 5.96. The Morgan fingerprint density at radius 1 is 1.15 bits per heavy atom. The monoisotopic (exact) mass is 355 g/mol. The van der Waals surface area contributed by atoms with E-state index >= 15 is 0 Å². The molecule has 0 aliphatic rings. The lowest BCUT2D eigenvalue weighted by molar-refractivity contribution is 0.405. The number of rotatable bonds is 5. The Balaban J connectivity index is 2.17. The van der Waals surface area contributed by atoms with Gasteiger partial charge in [-0.2, -0.15) is 0 Å². The first-order valence-corrected chi connectivity index (χ1v) is 7.69. The average molecular weight is 357 g/mol. The molecule has 0 bridgehead atoms. The van der Waals surface area contributed by atoms with E-state index in [0.717, 1.165) is 11.1 Å². The van der Waals surface area contributed by atoms with Gasteiger partial charge in [-0.25, -0.2) is 4.39 Å². The molecule has 1 N–H and O–H groups in total. The molecule has 20 heavy (non-hydrogen) atoms. The molecule has 1 nitrogen and oxygen atoms in total. The van der Waals surface area contributed by atoms with E-state index in [0.29, 0.717) is 16.9 Å². The molecule has 1 unspecified atom stereocenters. The van der Waals surface area contributed by atoms with E-state index < -0.39 is 0 Å². The topological polar surface area (TPSA) is 12.0 Å². The van der Waals surface area contributed by atoms with Crippen LogP contribution in [-0.4, -0.2) is 5.88 Å². The zero-order valence-electron chi connectivity index (χ0n) is 11.2. The summed E-state index contributed by atoms with van der Waals surface area (Å²) >= 11 is 9.41. The molecular formula is C16H16BrClFN. The molecule has 0 aliphatic carbocycles. The van der Waals surface area contributed by atoms with Gasteiger partial charge in [0.15, 0.2) is 0 Å². The SMILES string of the molecule is CC(CCl)(NCc1cccc(F)c1Br)c1ccccc1. The van der Waals surface area contributed by atoms with Crippen molar-refractivity contribution in [1.82, 2.24) is 5.32 Å². The molecule has 0 aliphatic heterocycles. The molecule has 0 aromatic heterocycles. The molecule has 0 radical (unpaired) electrons. The van der Waals surface area contributed by atoms with Gasteiger partial charge >= 0.3 is 0 Å². The lowest BCUT2D eigenvalue weighted by Crippen LogP contribution is -2.40. The third kappa shape index (κ3) is 3.40. The normalized spacial score (nSPS) is 14.0. The van der Waals surface area contributed by atoms with Gasteiger partial charge in [0.25, 0.3) is 0 Å². The van der Waals surface area contributed by atoms with E-state index in [1.165, 1.54) is 6.07 Å². The number of hydrogen-bond donors (Lipinski definition) is 1. The van der Waals surface area contributed by atoms with Crippen molar-refractivity contribution in [2.45, 2.75) is 19.0 Å². The fraction of sp³-hybridized carbons (Fsp3) is 0.250. The van der Waals surface area contributed by atoms with Crippen molar-refractivity contribution in [2.24, 2.45) is 0 Å². The van der Waals surface area contributed by atoms with E-state index in [2.05, 4.69) is 21.2 Å². The van der Waals surface area contributed by atoms with Gasteiger partial charge in [-0.05, 0) is 40.0 Å². The molecule has 0 heterocycles. The van der Waals surface area contributed by atoms with Gasteiger partial charge in [0, 0.05) is 12.4 Å². The van der Waals surface area contributed by atoms with Gasteiger partial charge in [-0.3, -0.25) is 0 Å². The van der Waals surface area contributed by atoms with E-state index in [9.17, 15) is 4.39 Å². The maximum absolute atomic E-state index is 13.5. The predicted octanol–water partition coefficient (Wildman–Crippen LogP) is 4.83. The van der Waals surface area contributed by atoms with Gasteiger partial charge in [0.2, 0.25) is 0 Å². The maximum atomic E-state index is 13.5. The largest absolute Gasteiger partial charge is 0.302 e. The Hall–Kier alpha value is -0.900. The maximum Gasteiger partial charge on any atom is 0.137 e. The van der Waals surface area contributed by atoms with Crippen LogP contribution in [0.25, 0.3) is 0 Å². The minimum absolute atomic E-state index is 0.253. The fourth-order valence-corrected chi connectivity index (χ4v) is 2.66. The van der Waals surface area contributed by atoms with Crippen LogP contribution in [0.2, 0.25) is 0 Å². The van der Waals surface area contributed by atoms with Crippen molar-refractivity contribution in [1.29, 1.82) is 0 Å². The molecule has 0 amide bonds. The Labute approximate surface area is 132 Å². The Morgan fingerprint density at radius 2 is 1.85 bits per heavy atom. The third-order valence-electron chi connectivity index (χ3n) is 3.38. The summed E-state index contributed by atoms with van der Waals surface area (Å²) in [6.45, 7) is 2.58. The standard InChI is InChI=1S/C16H16BrClFN/c1-16(11-18,13-7-3-2-4-8-13)20-10-12-6-5-9-14(19)15(12)17/h2-9,20H,10-11H2,1H3. The summed E-state index contributed by atoms with van der Waals surface area (Å²) in [4.78, 5) is 0. The van der Waals surface area contributed by atoms with Gasteiger partial charge in [0.1, 0.15) is 5.82 Å². The number of hydrogen-bond acceptors (Lipinski definition) is 1. The van der Waals surface area contributed by atoms with Crippen LogP contribution >= 0.6 is 27.5 Å². The molecule has 106 valence electrons. The summed E-state index contributed by atoms with van der Waals surface area (Å²) in [7, 11) is 0. The summed E-state index contributed by atoms with van der Waals surface area (Å²) in [5, 5.41) is 3.42. The third-order valence-corrected chi connectivity index (χ3v) is 4.80. The zero-order chi connectivity index (χ0) is 14.6. The number of halogens is 3. The molecule has 2 aromatic rings. The first-order valence-electron chi connectivity index (χ1n) is 6.36. The van der Waals surface area contributed by atoms with Crippen LogP contribution in [0.1, 0.15) is 18.1 Å². The smallest absolute Gasteiger partial charge is 0.137 e. The second kappa shape index (κ2) is 6.70. The summed E-state index contributed by atoms with van der Waals surface area (Å²) in [6.07, 6.45) is 0. The fourth-order valence-electron chi connectivity index (χ4n) is 2.01. The van der Waals surface area contributed by atoms with Crippen LogP contribution in [0.3, 0.4) is 0 Å². The quantitative estimate of drug-likeness (QED) is 0.757. The molecule has 1 atom stereocenters. The first-order chi connectivity index (χ1) is 9.57. The van der Waals surface area contributed by atoms with Crippen LogP contribution in [0.4, 0.5) is 4.39 Å². The first kappa shape index (κ1) is 15.5. The van der Waals surface area contributed by atoms with E-state index in [-0.39, 0.29) is 11.4 Å². The summed E-state index contributed by atoms with van der Waals surface area (Å²) < 4.78 is 14.0. The molecule has 2 aromatic carbocycles. The number of alkyl halides is 1.